The number of fused-ring (bicyclic) bond motifs is 3. The van der Waals surface area contributed by atoms with Crippen LogP contribution in [0.1, 0.15) is 47.8 Å². The molecule has 2 aromatic carbocycles. The topological polar surface area (TPSA) is 58.3 Å². The lowest BCUT2D eigenvalue weighted by molar-refractivity contribution is 0.00695. The molecule has 0 amide bonds. The number of rotatable bonds is 2. The van der Waals surface area contributed by atoms with Gasteiger partial charge < -0.3 is 9.30 Å². The van der Waals surface area contributed by atoms with Crippen molar-refractivity contribution in [3.63, 3.8) is 0 Å². The van der Waals surface area contributed by atoms with Crippen molar-refractivity contribution >= 4 is 16.9 Å². The predicted molar refractivity (Wildman–Crippen MR) is 108 cm³/mol. The van der Waals surface area contributed by atoms with Crippen molar-refractivity contribution < 1.29 is 9.53 Å². The van der Waals surface area contributed by atoms with E-state index in [1.54, 1.807) is 12.1 Å². The molecule has 2 heterocycles. The molecule has 1 aromatic heterocycles. The molecule has 0 saturated heterocycles. The highest BCUT2D eigenvalue weighted by atomic mass is 16.6. The minimum Gasteiger partial charge on any atom is -0.456 e. The summed E-state index contributed by atoms with van der Waals surface area (Å²) in [4.78, 5) is 14.5. The van der Waals surface area contributed by atoms with Crippen LogP contribution in [0.2, 0.25) is 0 Å². The molecule has 0 bridgehead atoms. The zero-order chi connectivity index (χ0) is 20.1. The predicted octanol–water partition coefficient (Wildman–Crippen LogP) is 4.40. The standard InChI is InChI=1S/C23H23N3O2/c1-23(2,3)28-22(27)15-5-8-18(9-6-15)26-13-17(11-24)21-19-14-25(4)12-16(19)7-10-20(21)26/h5-10,13H,12,14H2,1-4H3. The molecular weight excluding hydrogens is 350 g/mol. The van der Waals surface area contributed by atoms with Gasteiger partial charge in [0.2, 0.25) is 0 Å². The third kappa shape index (κ3) is 3.17. The molecule has 28 heavy (non-hydrogen) atoms. The fourth-order valence-corrected chi connectivity index (χ4v) is 3.78. The molecule has 0 spiro atoms. The summed E-state index contributed by atoms with van der Waals surface area (Å²) >= 11 is 0. The van der Waals surface area contributed by atoms with Crippen LogP contribution in [0.4, 0.5) is 0 Å². The van der Waals surface area contributed by atoms with Gasteiger partial charge in [0.15, 0.2) is 0 Å². The molecule has 142 valence electrons. The third-order valence-electron chi connectivity index (χ3n) is 4.94. The summed E-state index contributed by atoms with van der Waals surface area (Å²) in [6.45, 7) is 7.31. The molecule has 0 unspecified atom stereocenters. The van der Waals surface area contributed by atoms with Crippen molar-refractivity contribution in [2.24, 2.45) is 0 Å². The van der Waals surface area contributed by atoms with E-state index in [1.165, 1.54) is 11.1 Å². The van der Waals surface area contributed by atoms with Gasteiger partial charge >= 0.3 is 5.97 Å². The summed E-state index contributed by atoms with van der Waals surface area (Å²) in [6.07, 6.45) is 1.88. The van der Waals surface area contributed by atoms with Crippen LogP contribution in [0.3, 0.4) is 0 Å². The largest absolute Gasteiger partial charge is 0.456 e. The molecule has 1 aliphatic heterocycles. The van der Waals surface area contributed by atoms with Crippen LogP contribution in [0.15, 0.2) is 42.6 Å². The summed E-state index contributed by atoms with van der Waals surface area (Å²) < 4.78 is 7.45. The van der Waals surface area contributed by atoms with Crippen molar-refractivity contribution in [1.82, 2.24) is 9.47 Å². The monoisotopic (exact) mass is 373 g/mol. The van der Waals surface area contributed by atoms with Crippen molar-refractivity contribution in [2.75, 3.05) is 7.05 Å². The van der Waals surface area contributed by atoms with Crippen molar-refractivity contribution in [2.45, 2.75) is 39.5 Å². The van der Waals surface area contributed by atoms with E-state index in [4.69, 9.17) is 4.74 Å². The normalized spacial score (nSPS) is 14.1. The van der Waals surface area contributed by atoms with Crippen molar-refractivity contribution in [3.05, 3.63) is 64.8 Å². The smallest absolute Gasteiger partial charge is 0.338 e. The number of benzene rings is 2. The van der Waals surface area contributed by atoms with E-state index in [0.717, 1.165) is 29.7 Å². The summed E-state index contributed by atoms with van der Waals surface area (Å²) in [5.74, 6) is -0.338. The zero-order valence-corrected chi connectivity index (χ0v) is 16.6. The average Bonchev–Trinajstić information content (AvgIpc) is 3.19. The Hall–Kier alpha value is -3.10. The number of carbonyl (C=O) groups excluding carboxylic acids is 1. The van der Waals surface area contributed by atoms with Crippen LogP contribution in [0.5, 0.6) is 0 Å². The second-order valence-corrected chi connectivity index (χ2v) is 8.34. The van der Waals surface area contributed by atoms with E-state index >= 15 is 0 Å². The van der Waals surface area contributed by atoms with Crippen molar-refractivity contribution in [1.29, 1.82) is 5.26 Å². The maximum absolute atomic E-state index is 12.3. The fraction of sp³-hybridized carbons (Fsp3) is 0.304. The average molecular weight is 373 g/mol. The van der Waals surface area contributed by atoms with Crippen LogP contribution >= 0.6 is 0 Å². The maximum atomic E-state index is 12.3. The van der Waals surface area contributed by atoms with E-state index in [2.05, 4.69) is 30.1 Å². The first-order chi connectivity index (χ1) is 13.3. The zero-order valence-electron chi connectivity index (χ0n) is 16.6. The molecule has 4 rings (SSSR count). The van der Waals surface area contributed by atoms with Gasteiger partial charge in [0.05, 0.1) is 16.6 Å². The number of aromatic nitrogens is 1. The maximum Gasteiger partial charge on any atom is 0.338 e. The number of nitrogens with zero attached hydrogens (tertiary/aromatic N) is 3. The molecule has 5 nitrogen and oxygen atoms in total. The molecule has 0 aliphatic carbocycles. The highest BCUT2D eigenvalue weighted by Gasteiger charge is 2.23. The quantitative estimate of drug-likeness (QED) is 0.625. The van der Waals surface area contributed by atoms with E-state index in [0.29, 0.717) is 11.1 Å². The van der Waals surface area contributed by atoms with Gasteiger partial charge in [-0.25, -0.2) is 4.79 Å². The first kappa shape index (κ1) is 18.3. The van der Waals surface area contributed by atoms with Crippen LogP contribution in [-0.2, 0) is 17.8 Å². The second-order valence-electron chi connectivity index (χ2n) is 8.34. The van der Waals surface area contributed by atoms with Gasteiger partial charge in [0, 0.05) is 30.4 Å². The number of ether oxygens (including phenoxy) is 1. The lowest BCUT2D eigenvalue weighted by Crippen LogP contribution is -2.23. The minimum atomic E-state index is -0.526. The Labute approximate surface area is 164 Å². The molecule has 0 fully saturated rings. The lowest BCUT2D eigenvalue weighted by atomic mass is 10.0. The first-order valence-electron chi connectivity index (χ1n) is 9.35. The number of nitriles is 1. The minimum absolute atomic E-state index is 0.338. The highest BCUT2D eigenvalue weighted by molar-refractivity contribution is 5.93. The van der Waals surface area contributed by atoms with Gasteiger partial charge in [-0.15, -0.1) is 0 Å². The van der Waals surface area contributed by atoms with Gasteiger partial charge in [-0.05, 0) is 69.3 Å². The highest BCUT2D eigenvalue weighted by Crippen LogP contribution is 2.34. The molecule has 0 radical (unpaired) electrons. The fourth-order valence-electron chi connectivity index (χ4n) is 3.78. The van der Waals surface area contributed by atoms with E-state index in [1.807, 2.05) is 43.7 Å². The molecule has 0 atom stereocenters. The Morgan fingerprint density at radius 1 is 1.11 bits per heavy atom. The number of hydrogen-bond donors (Lipinski definition) is 0. The second kappa shape index (κ2) is 6.50. The lowest BCUT2D eigenvalue weighted by Gasteiger charge is -2.19. The number of carbonyl (C=O) groups is 1. The van der Waals surface area contributed by atoms with Gasteiger partial charge in [-0.3, -0.25) is 4.90 Å². The van der Waals surface area contributed by atoms with Crippen LogP contribution < -0.4 is 0 Å². The third-order valence-corrected chi connectivity index (χ3v) is 4.94. The van der Waals surface area contributed by atoms with Crippen LogP contribution in [-0.4, -0.2) is 28.1 Å². The Morgan fingerprint density at radius 2 is 1.82 bits per heavy atom. The summed E-state index contributed by atoms with van der Waals surface area (Å²) in [5.41, 5.74) is 5.10. The molecule has 0 saturated carbocycles. The molecule has 0 N–H and O–H groups in total. The summed E-state index contributed by atoms with van der Waals surface area (Å²) in [6, 6.07) is 13.9. The van der Waals surface area contributed by atoms with Gasteiger partial charge in [0.1, 0.15) is 11.7 Å². The van der Waals surface area contributed by atoms with Crippen LogP contribution in [0, 0.1) is 11.3 Å². The Kier molecular flexibility index (Phi) is 4.24. The molecule has 5 heteroatoms. The molecule has 1 aliphatic rings. The Balaban J connectivity index is 1.76. The van der Waals surface area contributed by atoms with E-state index in [-0.39, 0.29) is 5.97 Å². The van der Waals surface area contributed by atoms with Gasteiger partial charge in [0.25, 0.3) is 0 Å². The van der Waals surface area contributed by atoms with Gasteiger partial charge in [-0.1, -0.05) is 6.07 Å². The molecular formula is C23H23N3O2. The van der Waals surface area contributed by atoms with Gasteiger partial charge in [-0.2, -0.15) is 5.26 Å². The SMILES string of the molecule is CN1Cc2ccc3c(c(C#N)cn3-c3ccc(C(=O)OC(C)(C)C)cc3)c2C1. The van der Waals surface area contributed by atoms with Crippen molar-refractivity contribution in [3.8, 4) is 11.8 Å². The van der Waals surface area contributed by atoms with Crippen LogP contribution in [0.25, 0.3) is 16.6 Å². The Morgan fingerprint density at radius 3 is 2.46 bits per heavy atom. The van der Waals surface area contributed by atoms with E-state index in [9.17, 15) is 10.1 Å². The summed E-state index contributed by atoms with van der Waals surface area (Å²) in [7, 11) is 2.09. The Bertz CT molecular complexity index is 1110. The number of esters is 1. The molecule has 3 aromatic rings. The first-order valence-corrected chi connectivity index (χ1v) is 9.35. The number of hydrogen-bond acceptors (Lipinski definition) is 4. The summed E-state index contributed by atoms with van der Waals surface area (Å²) in [5, 5.41) is 10.7. The van der Waals surface area contributed by atoms with E-state index < -0.39 is 5.60 Å².